The lowest BCUT2D eigenvalue weighted by molar-refractivity contribution is 0.347. The van der Waals surface area contributed by atoms with Crippen LogP contribution in [0.5, 0.6) is 0 Å². The van der Waals surface area contributed by atoms with Crippen LogP contribution in [0.1, 0.15) is 49.7 Å². The van der Waals surface area contributed by atoms with Crippen molar-refractivity contribution in [2.45, 2.75) is 45.4 Å². The molecule has 2 heteroatoms. The Balaban J connectivity index is 2.21. The minimum atomic E-state index is -0.0545. The average molecular weight is 238 g/mol. The summed E-state index contributed by atoms with van der Waals surface area (Å²) in [4.78, 5) is 0. The van der Waals surface area contributed by atoms with E-state index in [1.807, 2.05) is 6.92 Å². The predicted molar refractivity (Wildman–Crippen MR) is 70.9 cm³/mol. The molecule has 1 aliphatic carbocycles. The molecule has 1 saturated carbocycles. The Bertz CT molecular complexity index is 355. The van der Waals surface area contributed by atoms with Gasteiger partial charge in [0, 0.05) is 0 Å². The summed E-state index contributed by atoms with van der Waals surface area (Å²) in [7, 11) is 2.64. The van der Waals surface area contributed by atoms with Crippen LogP contribution in [0.2, 0.25) is 0 Å². The monoisotopic (exact) mass is 238 g/mol. The zero-order valence-corrected chi connectivity index (χ0v) is 11.2. The minimum Gasteiger partial charge on any atom is -0.207 e. The van der Waals surface area contributed by atoms with Gasteiger partial charge in [-0.25, -0.2) is 4.39 Å². The summed E-state index contributed by atoms with van der Waals surface area (Å²) >= 11 is 0. The summed E-state index contributed by atoms with van der Waals surface area (Å²) in [6.07, 6.45) is 5.00. The van der Waals surface area contributed by atoms with Crippen molar-refractivity contribution in [1.82, 2.24) is 0 Å². The van der Waals surface area contributed by atoms with Crippen molar-refractivity contribution >= 4 is 14.5 Å². The lowest BCUT2D eigenvalue weighted by Gasteiger charge is -2.27. The third kappa shape index (κ3) is 2.46. The van der Waals surface area contributed by atoms with Crippen molar-refractivity contribution in [2.75, 3.05) is 0 Å². The first kappa shape index (κ1) is 12.0. The molecule has 16 heavy (non-hydrogen) atoms. The van der Waals surface area contributed by atoms with Crippen LogP contribution in [0, 0.1) is 18.7 Å². The summed E-state index contributed by atoms with van der Waals surface area (Å²) in [6.45, 7) is 4.15. The predicted octanol–water partition coefficient (Wildman–Crippen LogP) is 3.93. The molecule has 0 nitrogen and oxygen atoms in total. The minimum absolute atomic E-state index is 0.0545. The number of rotatable bonds is 1. The number of hydrogen-bond donors (Lipinski definition) is 0. The maximum Gasteiger partial charge on any atom is 0.127 e. The summed E-state index contributed by atoms with van der Waals surface area (Å²) in [5.41, 5.74) is 1.96. The number of benzene rings is 1. The highest BCUT2D eigenvalue weighted by Gasteiger charge is 2.20. The summed E-state index contributed by atoms with van der Waals surface area (Å²) in [5, 5.41) is 1.01. The quantitative estimate of drug-likeness (QED) is 0.650. The molecule has 0 radical (unpaired) electrons. The van der Waals surface area contributed by atoms with E-state index < -0.39 is 0 Å². The Labute approximate surface area is 99.8 Å². The first-order chi connectivity index (χ1) is 7.58. The molecule has 0 N–H and O–H groups in total. The van der Waals surface area contributed by atoms with Crippen molar-refractivity contribution in [3.8, 4) is 0 Å². The standard InChI is InChI=1S/C14H20FP/c1-9-3-5-11(6-4-9)12-7-13(15)10(2)14(16)8-12/h7-9,11H,3-6,16H2,1-2H3. The first-order valence-corrected chi connectivity index (χ1v) is 6.71. The molecule has 0 saturated heterocycles. The van der Waals surface area contributed by atoms with Gasteiger partial charge in [0.15, 0.2) is 0 Å². The van der Waals surface area contributed by atoms with E-state index in [1.54, 1.807) is 6.07 Å². The van der Waals surface area contributed by atoms with Crippen LogP contribution >= 0.6 is 9.24 Å². The van der Waals surface area contributed by atoms with E-state index in [0.717, 1.165) is 16.8 Å². The Morgan fingerprint density at radius 1 is 1.19 bits per heavy atom. The molecule has 1 aromatic carbocycles. The highest BCUT2D eigenvalue weighted by atomic mass is 31.0. The van der Waals surface area contributed by atoms with Gasteiger partial charge in [0.25, 0.3) is 0 Å². The van der Waals surface area contributed by atoms with Crippen LogP contribution in [-0.4, -0.2) is 0 Å². The molecule has 1 atom stereocenters. The molecule has 0 amide bonds. The maximum atomic E-state index is 13.7. The molecule has 1 aromatic rings. The third-order valence-electron chi connectivity index (χ3n) is 3.89. The van der Waals surface area contributed by atoms with Gasteiger partial charge in [0.2, 0.25) is 0 Å². The van der Waals surface area contributed by atoms with Crippen molar-refractivity contribution in [3.05, 3.63) is 29.1 Å². The van der Waals surface area contributed by atoms with Crippen LogP contribution in [0.15, 0.2) is 12.1 Å². The fraction of sp³-hybridized carbons (Fsp3) is 0.571. The molecule has 88 valence electrons. The van der Waals surface area contributed by atoms with Gasteiger partial charge in [0.1, 0.15) is 5.82 Å². The second kappa shape index (κ2) is 4.84. The van der Waals surface area contributed by atoms with Crippen molar-refractivity contribution in [1.29, 1.82) is 0 Å². The highest BCUT2D eigenvalue weighted by molar-refractivity contribution is 7.27. The molecule has 2 rings (SSSR count). The van der Waals surface area contributed by atoms with Crippen molar-refractivity contribution in [3.63, 3.8) is 0 Å². The van der Waals surface area contributed by atoms with Gasteiger partial charge in [-0.2, -0.15) is 0 Å². The lowest BCUT2D eigenvalue weighted by atomic mass is 9.79. The van der Waals surface area contributed by atoms with Crippen LogP contribution in [0.3, 0.4) is 0 Å². The molecule has 1 aliphatic rings. The van der Waals surface area contributed by atoms with Gasteiger partial charge in [-0.15, -0.1) is 9.24 Å². The summed E-state index contributed by atoms with van der Waals surface area (Å²) < 4.78 is 13.7. The number of hydrogen-bond acceptors (Lipinski definition) is 0. The maximum absolute atomic E-state index is 13.7. The van der Waals surface area contributed by atoms with Crippen LogP contribution < -0.4 is 5.30 Å². The van der Waals surface area contributed by atoms with E-state index in [-0.39, 0.29) is 5.82 Å². The molecule has 1 unspecified atom stereocenters. The molecule has 0 bridgehead atoms. The number of halogens is 1. The van der Waals surface area contributed by atoms with Gasteiger partial charge in [0.05, 0.1) is 0 Å². The Morgan fingerprint density at radius 3 is 2.38 bits per heavy atom. The van der Waals surface area contributed by atoms with Crippen LogP contribution in [-0.2, 0) is 0 Å². The smallest absolute Gasteiger partial charge is 0.127 e. The van der Waals surface area contributed by atoms with E-state index in [4.69, 9.17) is 0 Å². The van der Waals surface area contributed by atoms with Crippen LogP contribution in [0.4, 0.5) is 4.39 Å². The Hall–Kier alpha value is -0.420. The van der Waals surface area contributed by atoms with Crippen LogP contribution in [0.25, 0.3) is 0 Å². The van der Waals surface area contributed by atoms with Gasteiger partial charge in [-0.1, -0.05) is 25.8 Å². The molecular formula is C14H20FP. The van der Waals surface area contributed by atoms with Gasteiger partial charge in [-0.05, 0) is 54.1 Å². The SMILES string of the molecule is Cc1c(F)cc(C2CCC(C)CC2)cc1P. The molecule has 1 fully saturated rings. The largest absolute Gasteiger partial charge is 0.207 e. The Kier molecular flexibility index (Phi) is 3.64. The highest BCUT2D eigenvalue weighted by Crippen LogP contribution is 2.35. The second-order valence-electron chi connectivity index (χ2n) is 5.17. The first-order valence-electron chi connectivity index (χ1n) is 6.13. The normalized spacial score (nSPS) is 25.8. The molecule has 0 aliphatic heterocycles. The lowest BCUT2D eigenvalue weighted by Crippen LogP contribution is -2.13. The van der Waals surface area contributed by atoms with E-state index in [9.17, 15) is 4.39 Å². The molecule has 0 aromatic heterocycles. The molecule has 0 spiro atoms. The summed E-state index contributed by atoms with van der Waals surface area (Å²) in [6, 6.07) is 3.88. The molecular weight excluding hydrogens is 218 g/mol. The van der Waals surface area contributed by atoms with E-state index in [0.29, 0.717) is 5.92 Å². The zero-order chi connectivity index (χ0) is 11.7. The second-order valence-corrected chi connectivity index (χ2v) is 5.80. The fourth-order valence-corrected chi connectivity index (χ4v) is 2.88. The van der Waals surface area contributed by atoms with E-state index in [2.05, 4.69) is 22.2 Å². The van der Waals surface area contributed by atoms with E-state index in [1.165, 1.54) is 31.2 Å². The van der Waals surface area contributed by atoms with Gasteiger partial charge >= 0.3 is 0 Å². The van der Waals surface area contributed by atoms with Crippen molar-refractivity contribution < 1.29 is 4.39 Å². The third-order valence-corrected chi connectivity index (χ3v) is 4.49. The topological polar surface area (TPSA) is 0 Å². The average Bonchev–Trinajstić information content (AvgIpc) is 2.26. The van der Waals surface area contributed by atoms with Crippen molar-refractivity contribution in [2.24, 2.45) is 5.92 Å². The zero-order valence-electron chi connectivity index (χ0n) is 10.1. The molecule has 0 heterocycles. The Morgan fingerprint density at radius 2 is 1.81 bits per heavy atom. The van der Waals surface area contributed by atoms with Gasteiger partial charge < -0.3 is 0 Å². The fourth-order valence-electron chi connectivity index (χ4n) is 2.55. The summed E-state index contributed by atoms with van der Waals surface area (Å²) in [5.74, 6) is 1.37. The van der Waals surface area contributed by atoms with E-state index >= 15 is 0 Å². The van der Waals surface area contributed by atoms with Gasteiger partial charge in [-0.3, -0.25) is 0 Å².